The van der Waals surface area contributed by atoms with Crippen LogP contribution in [0.15, 0.2) is 36.9 Å². The van der Waals surface area contributed by atoms with E-state index in [0.717, 1.165) is 48.8 Å². The zero-order valence-corrected chi connectivity index (χ0v) is 12.6. The number of hydrogen-bond donors (Lipinski definition) is 1. The van der Waals surface area contributed by atoms with Crippen LogP contribution in [0.2, 0.25) is 0 Å². The summed E-state index contributed by atoms with van der Waals surface area (Å²) < 4.78 is 0. The van der Waals surface area contributed by atoms with Crippen molar-refractivity contribution in [2.24, 2.45) is 11.8 Å². The van der Waals surface area contributed by atoms with E-state index in [1.54, 1.807) is 6.33 Å². The van der Waals surface area contributed by atoms with Crippen LogP contribution in [0.25, 0.3) is 11.0 Å². The Balaban J connectivity index is 1.37. The Kier molecular flexibility index (Phi) is 2.73. The number of fused-ring (bicyclic) bond motifs is 2. The van der Waals surface area contributed by atoms with Crippen molar-refractivity contribution in [1.82, 2.24) is 25.1 Å². The van der Waals surface area contributed by atoms with Gasteiger partial charge in [0.1, 0.15) is 18.0 Å². The van der Waals surface area contributed by atoms with Gasteiger partial charge in [0.25, 0.3) is 0 Å². The lowest BCUT2D eigenvalue weighted by Crippen LogP contribution is -2.29. The van der Waals surface area contributed by atoms with Crippen LogP contribution in [0.3, 0.4) is 0 Å². The van der Waals surface area contributed by atoms with E-state index in [1.807, 2.05) is 18.5 Å². The number of nitrogens with zero attached hydrogens (tertiary/aromatic N) is 6. The van der Waals surface area contributed by atoms with Crippen LogP contribution in [0, 0.1) is 11.8 Å². The lowest BCUT2D eigenvalue weighted by Gasteiger charge is -2.23. The molecule has 0 aromatic carbocycles. The topological polar surface area (TPSA) is 73.8 Å². The van der Waals surface area contributed by atoms with Crippen molar-refractivity contribution >= 4 is 22.7 Å². The molecule has 3 aromatic heterocycles. The summed E-state index contributed by atoms with van der Waals surface area (Å²) >= 11 is 0. The number of nitrogens with one attached hydrogen (secondary N) is 1. The normalized spacial score (nSPS) is 23.7. The molecule has 0 amide bonds. The fraction of sp³-hybridized carbons (Fsp3) is 0.375. The Morgan fingerprint density at radius 3 is 2.57 bits per heavy atom. The summed E-state index contributed by atoms with van der Waals surface area (Å²) in [4.78, 5) is 18.0. The van der Waals surface area contributed by atoms with Crippen molar-refractivity contribution in [2.45, 2.75) is 0 Å². The third-order valence-electron chi connectivity index (χ3n) is 4.99. The monoisotopic (exact) mass is 307 g/mol. The second-order valence-electron chi connectivity index (χ2n) is 6.35. The molecule has 2 aliphatic rings. The van der Waals surface area contributed by atoms with E-state index in [2.05, 4.69) is 47.1 Å². The molecular formula is C16H17N7. The van der Waals surface area contributed by atoms with Gasteiger partial charge in [-0.05, 0) is 12.1 Å². The summed E-state index contributed by atoms with van der Waals surface area (Å²) in [5, 5.41) is 8.01. The minimum absolute atomic E-state index is 0.661. The van der Waals surface area contributed by atoms with E-state index in [0.29, 0.717) is 11.8 Å². The highest BCUT2D eigenvalue weighted by Crippen LogP contribution is 2.36. The fourth-order valence-electron chi connectivity index (χ4n) is 3.90. The number of aromatic nitrogens is 5. The quantitative estimate of drug-likeness (QED) is 0.770. The Bertz CT molecular complexity index is 817. The predicted molar refractivity (Wildman–Crippen MR) is 87.3 cm³/mol. The molecule has 0 aliphatic carbocycles. The lowest BCUT2D eigenvalue weighted by molar-refractivity contribution is 0.533. The molecule has 7 heteroatoms. The number of rotatable bonds is 2. The second kappa shape index (κ2) is 4.91. The Morgan fingerprint density at radius 2 is 1.78 bits per heavy atom. The van der Waals surface area contributed by atoms with Gasteiger partial charge in [-0.25, -0.2) is 15.0 Å². The Morgan fingerprint density at radius 1 is 0.957 bits per heavy atom. The summed E-state index contributed by atoms with van der Waals surface area (Å²) in [6, 6.07) is 6.12. The summed E-state index contributed by atoms with van der Waals surface area (Å²) in [5.41, 5.74) is 0.808. The van der Waals surface area contributed by atoms with Gasteiger partial charge in [-0.15, -0.1) is 0 Å². The Labute approximate surface area is 133 Å². The molecule has 2 unspecified atom stereocenters. The highest BCUT2D eigenvalue weighted by atomic mass is 15.3. The molecule has 3 aromatic rings. The van der Waals surface area contributed by atoms with Crippen LogP contribution in [-0.4, -0.2) is 51.3 Å². The van der Waals surface area contributed by atoms with Crippen molar-refractivity contribution in [3.05, 3.63) is 36.9 Å². The van der Waals surface area contributed by atoms with Crippen molar-refractivity contribution in [2.75, 3.05) is 36.0 Å². The van der Waals surface area contributed by atoms with E-state index in [4.69, 9.17) is 0 Å². The van der Waals surface area contributed by atoms with Gasteiger partial charge in [0.2, 0.25) is 0 Å². The van der Waals surface area contributed by atoms with Gasteiger partial charge >= 0.3 is 0 Å². The molecule has 0 spiro atoms. The molecule has 1 N–H and O–H groups in total. The fourth-order valence-corrected chi connectivity index (χ4v) is 3.90. The number of hydrogen-bond acceptors (Lipinski definition) is 6. The molecule has 7 nitrogen and oxygen atoms in total. The van der Waals surface area contributed by atoms with Gasteiger partial charge in [-0.2, -0.15) is 5.10 Å². The van der Waals surface area contributed by atoms with E-state index < -0.39 is 0 Å². The number of aromatic amines is 1. The van der Waals surface area contributed by atoms with Crippen molar-refractivity contribution in [3.63, 3.8) is 0 Å². The number of pyridine rings is 1. The van der Waals surface area contributed by atoms with Crippen LogP contribution in [0.1, 0.15) is 0 Å². The molecule has 2 fully saturated rings. The third kappa shape index (κ3) is 2.03. The first-order valence-electron chi connectivity index (χ1n) is 7.93. The minimum Gasteiger partial charge on any atom is -0.356 e. The molecular weight excluding hydrogens is 290 g/mol. The second-order valence-corrected chi connectivity index (χ2v) is 6.35. The van der Waals surface area contributed by atoms with Crippen molar-refractivity contribution in [3.8, 4) is 0 Å². The molecule has 0 radical (unpaired) electrons. The summed E-state index contributed by atoms with van der Waals surface area (Å²) in [6.07, 6.45) is 5.30. The van der Waals surface area contributed by atoms with Gasteiger partial charge in [0, 0.05) is 44.2 Å². The molecule has 2 atom stereocenters. The first-order chi connectivity index (χ1) is 11.4. The van der Waals surface area contributed by atoms with Gasteiger partial charge < -0.3 is 9.80 Å². The SMILES string of the molecule is c1ccc(N2CC3CN(c4ncnc5[nH]ncc45)CC3C2)nc1. The average Bonchev–Trinajstić information content (AvgIpc) is 3.29. The van der Waals surface area contributed by atoms with E-state index in [-0.39, 0.29) is 0 Å². The van der Waals surface area contributed by atoms with E-state index in [9.17, 15) is 0 Å². The van der Waals surface area contributed by atoms with Crippen LogP contribution in [-0.2, 0) is 0 Å². The predicted octanol–water partition coefficient (Wildman–Crippen LogP) is 1.32. The standard InChI is InChI=1S/C16H17N7/c1-2-4-17-14(3-1)22-6-11-8-23(9-12(11)7-22)16-13-5-20-21-15(13)18-10-19-16/h1-5,10-12H,6-9H2,(H,18,19,20,21). The molecule has 2 saturated heterocycles. The van der Waals surface area contributed by atoms with Crippen LogP contribution < -0.4 is 9.80 Å². The minimum atomic E-state index is 0.661. The zero-order chi connectivity index (χ0) is 15.2. The summed E-state index contributed by atoms with van der Waals surface area (Å²) in [7, 11) is 0. The van der Waals surface area contributed by atoms with Gasteiger partial charge in [0.15, 0.2) is 5.65 Å². The maximum atomic E-state index is 4.49. The highest BCUT2D eigenvalue weighted by molar-refractivity contribution is 5.86. The molecule has 2 aliphatic heterocycles. The first-order valence-corrected chi connectivity index (χ1v) is 7.93. The van der Waals surface area contributed by atoms with Crippen molar-refractivity contribution < 1.29 is 0 Å². The maximum absolute atomic E-state index is 4.49. The lowest BCUT2D eigenvalue weighted by atomic mass is 10.0. The third-order valence-corrected chi connectivity index (χ3v) is 4.99. The van der Waals surface area contributed by atoms with Crippen LogP contribution >= 0.6 is 0 Å². The molecule has 5 heterocycles. The van der Waals surface area contributed by atoms with E-state index >= 15 is 0 Å². The summed E-state index contributed by atoms with van der Waals surface area (Å²) in [6.45, 7) is 4.20. The first kappa shape index (κ1) is 12.8. The van der Waals surface area contributed by atoms with Crippen LogP contribution in [0.5, 0.6) is 0 Å². The number of H-pyrrole nitrogens is 1. The molecule has 0 bridgehead atoms. The molecule has 5 rings (SSSR count). The van der Waals surface area contributed by atoms with Crippen molar-refractivity contribution in [1.29, 1.82) is 0 Å². The smallest absolute Gasteiger partial charge is 0.160 e. The largest absolute Gasteiger partial charge is 0.356 e. The molecule has 0 saturated carbocycles. The molecule has 23 heavy (non-hydrogen) atoms. The Hall–Kier alpha value is -2.70. The van der Waals surface area contributed by atoms with Gasteiger partial charge in [-0.3, -0.25) is 5.10 Å². The average molecular weight is 307 g/mol. The maximum Gasteiger partial charge on any atom is 0.160 e. The van der Waals surface area contributed by atoms with Crippen LogP contribution in [0.4, 0.5) is 11.6 Å². The summed E-state index contributed by atoms with van der Waals surface area (Å²) in [5.74, 6) is 3.41. The van der Waals surface area contributed by atoms with Gasteiger partial charge in [0.05, 0.1) is 11.6 Å². The molecule has 116 valence electrons. The van der Waals surface area contributed by atoms with E-state index in [1.165, 1.54) is 0 Å². The zero-order valence-electron chi connectivity index (χ0n) is 12.6. The number of anilines is 2. The van der Waals surface area contributed by atoms with Gasteiger partial charge in [-0.1, -0.05) is 6.07 Å². The highest BCUT2D eigenvalue weighted by Gasteiger charge is 2.41.